The van der Waals surface area contributed by atoms with E-state index in [2.05, 4.69) is 0 Å². The molecular formula is C25H26ClFN2O4. The molecule has 0 spiro atoms. The molecule has 0 radical (unpaired) electrons. The number of Topliss-reactive ketones (excluding diaryl/α,β-unsaturated/α-hetero) is 1. The van der Waals surface area contributed by atoms with Crippen molar-refractivity contribution in [2.45, 2.75) is 31.6 Å². The molecule has 6 nitrogen and oxygen atoms in total. The molecule has 2 aromatic carbocycles. The van der Waals surface area contributed by atoms with Crippen molar-refractivity contribution in [1.82, 2.24) is 4.90 Å². The lowest BCUT2D eigenvalue weighted by Gasteiger charge is -2.40. The van der Waals surface area contributed by atoms with Crippen LogP contribution in [0.5, 0.6) is 0 Å². The second-order valence-corrected chi connectivity index (χ2v) is 9.05. The van der Waals surface area contributed by atoms with Gasteiger partial charge in [-0.1, -0.05) is 30.2 Å². The molecule has 2 fully saturated rings. The number of ether oxygens (including phenoxy) is 1. The SMILES string of the molecule is CC(=O)c1ccc(N2CCN(C(=O)COC(=O)C3(c4ccc(Cl)cc4)CCC3)CC2)c(F)c1. The first-order valence-corrected chi connectivity index (χ1v) is 11.4. The number of halogens is 2. The fourth-order valence-electron chi connectivity index (χ4n) is 4.45. The molecule has 2 aromatic rings. The molecule has 0 atom stereocenters. The zero-order valence-electron chi connectivity index (χ0n) is 18.5. The van der Waals surface area contributed by atoms with E-state index in [1.807, 2.05) is 17.0 Å². The number of anilines is 1. The smallest absolute Gasteiger partial charge is 0.317 e. The van der Waals surface area contributed by atoms with Gasteiger partial charge in [-0.3, -0.25) is 14.4 Å². The van der Waals surface area contributed by atoms with Crippen LogP contribution in [0.1, 0.15) is 42.1 Å². The lowest BCUT2D eigenvalue weighted by atomic mass is 9.64. The van der Waals surface area contributed by atoms with Crippen molar-refractivity contribution in [2.75, 3.05) is 37.7 Å². The molecule has 1 saturated carbocycles. The van der Waals surface area contributed by atoms with Crippen molar-refractivity contribution in [3.8, 4) is 0 Å². The highest BCUT2D eigenvalue weighted by Gasteiger charge is 2.47. The van der Waals surface area contributed by atoms with Crippen molar-refractivity contribution in [1.29, 1.82) is 0 Å². The number of nitrogens with zero attached hydrogens (tertiary/aromatic N) is 2. The van der Waals surface area contributed by atoms with Crippen LogP contribution in [-0.2, 0) is 19.7 Å². The number of ketones is 1. The standard InChI is InChI=1S/C25H26ClFN2O4/c1-17(30)18-3-8-22(21(27)15-18)28-11-13-29(14-12-28)23(31)16-33-24(32)25(9-2-10-25)19-4-6-20(26)7-5-19/h3-8,15H,2,9-14,16H2,1H3. The van der Waals surface area contributed by atoms with Crippen molar-refractivity contribution in [3.05, 3.63) is 64.4 Å². The molecule has 1 saturated heterocycles. The number of hydrogen-bond acceptors (Lipinski definition) is 5. The van der Waals surface area contributed by atoms with Crippen LogP contribution in [0.2, 0.25) is 5.02 Å². The third-order valence-corrected chi connectivity index (χ3v) is 6.90. The van der Waals surface area contributed by atoms with E-state index in [0.717, 1.165) is 12.0 Å². The van der Waals surface area contributed by atoms with Gasteiger partial charge in [0.15, 0.2) is 12.4 Å². The molecular weight excluding hydrogens is 447 g/mol. The summed E-state index contributed by atoms with van der Waals surface area (Å²) < 4.78 is 19.9. The van der Waals surface area contributed by atoms with E-state index in [4.69, 9.17) is 16.3 Å². The molecule has 8 heteroatoms. The summed E-state index contributed by atoms with van der Waals surface area (Å²) in [7, 11) is 0. The van der Waals surface area contributed by atoms with Crippen LogP contribution in [0.4, 0.5) is 10.1 Å². The van der Waals surface area contributed by atoms with E-state index in [0.29, 0.717) is 55.3 Å². The second-order valence-electron chi connectivity index (χ2n) is 8.61. The maximum Gasteiger partial charge on any atom is 0.317 e. The predicted octanol–water partition coefficient (Wildman–Crippen LogP) is 4.00. The molecule has 1 aliphatic heterocycles. The van der Waals surface area contributed by atoms with E-state index >= 15 is 0 Å². The quantitative estimate of drug-likeness (QED) is 0.469. The Hall–Kier alpha value is -2.93. The first-order valence-electron chi connectivity index (χ1n) is 11.1. The van der Waals surface area contributed by atoms with Gasteiger partial charge in [-0.25, -0.2) is 4.39 Å². The maximum absolute atomic E-state index is 14.4. The molecule has 0 N–H and O–H groups in total. The largest absolute Gasteiger partial charge is 0.455 e. The Morgan fingerprint density at radius 2 is 1.70 bits per heavy atom. The molecule has 33 heavy (non-hydrogen) atoms. The van der Waals surface area contributed by atoms with E-state index < -0.39 is 11.2 Å². The summed E-state index contributed by atoms with van der Waals surface area (Å²) in [6.45, 7) is 2.78. The van der Waals surface area contributed by atoms with Gasteiger partial charge in [-0.15, -0.1) is 0 Å². The minimum absolute atomic E-state index is 0.190. The maximum atomic E-state index is 14.4. The highest BCUT2D eigenvalue weighted by molar-refractivity contribution is 6.30. The third kappa shape index (κ3) is 4.74. The Labute approximate surface area is 197 Å². The number of esters is 1. The topological polar surface area (TPSA) is 66.9 Å². The lowest BCUT2D eigenvalue weighted by Crippen LogP contribution is -2.51. The van der Waals surface area contributed by atoms with Gasteiger partial charge >= 0.3 is 5.97 Å². The minimum Gasteiger partial charge on any atom is -0.455 e. The summed E-state index contributed by atoms with van der Waals surface area (Å²) in [5, 5.41) is 0.602. The highest BCUT2D eigenvalue weighted by Crippen LogP contribution is 2.45. The Morgan fingerprint density at radius 3 is 2.24 bits per heavy atom. The molecule has 4 rings (SSSR count). The van der Waals surface area contributed by atoms with Gasteiger partial charge in [0.2, 0.25) is 0 Å². The summed E-state index contributed by atoms with van der Waals surface area (Å²) in [6, 6.07) is 11.6. The van der Waals surface area contributed by atoms with Gasteiger partial charge in [0.25, 0.3) is 5.91 Å². The Balaban J connectivity index is 1.31. The van der Waals surface area contributed by atoms with Crippen LogP contribution in [0.3, 0.4) is 0 Å². The number of carbonyl (C=O) groups excluding carboxylic acids is 3. The average Bonchev–Trinajstić information content (AvgIpc) is 2.78. The first-order chi connectivity index (χ1) is 15.8. The monoisotopic (exact) mass is 472 g/mol. The zero-order chi connectivity index (χ0) is 23.6. The fourth-order valence-corrected chi connectivity index (χ4v) is 4.57. The molecule has 0 unspecified atom stereocenters. The average molecular weight is 473 g/mol. The van der Waals surface area contributed by atoms with Crippen molar-refractivity contribution in [3.63, 3.8) is 0 Å². The summed E-state index contributed by atoms with van der Waals surface area (Å²) in [5.41, 5.74) is 0.901. The summed E-state index contributed by atoms with van der Waals surface area (Å²) >= 11 is 5.96. The van der Waals surface area contributed by atoms with Crippen LogP contribution in [0, 0.1) is 5.82 Å². The number of piperazine rings is 1. The molecule has 0 bridgehead atoms. The van der Waals surface area contributed by atoms with Gasteiger partial charge in [0.05, 0.1) is 11.1 Å². The van der Waals surface area contributed by atoms with E-state index in [9.17, 15) is 18.8 Å². The minimum atomic E-state index is -0.701. The molecule has 2 aliphatic rings. The van der Waals surface area contributed by atoms with E-state index in [-0.39, 0.29) is 24.3 Å². The van der Waals surface area contributed by atoms with E-state index in [1.165, 1.54) is 13.0 Å². The van der Waals surface area contributed by atoms with Crippen LogP contribution < -0.4 is 4.90 Å². The van der Waals surface area contributed by atoms with Crippen LogP contribution in [0.25, 0.3) is 0 Å². The number of benzene rings is 2. The molecule has 1 amide bonds. The molecule has 174 valence electrons. The highest BCUT2D eigenvalue weighted by atomic mass is 35.5. The van der Waals surface area contributed by atoms with Crippen LogP contribution in [0.15, 0.2) is 42.5 Å². The third-order valence-electron chi connectivity index (χ3n) is 6.65. The number of amides is 1. The summed E-state index contributed by atoms with van der Waals surface area (Å²) in [4.78, 5) is 40.4. The van der Waals surface area contributed by atoms with E-state index in [1.54, 1.807) is 29.2 Å². The van der Waals surface area contributed by atoms with Gasteiger partial charge in [-0.2, -0.15) is 0 Å². The van der Waals surface area contributed by atoms with Gasteiger partial charge < -0.3 is 14.5 Å². The van der Waals surface area contributed by atoms with Crippen LogP contribution in [-0.4, -0.2) is 55.3 Å². The van der Waals surface area contributed by atoms with Crippen LogP contribution >= 0.6 is 11.6 Å². The first kappa shape index (κ1) is 23.2. The Kier molecular flexibility index (Phi) is 6.70. The van der Waals surface area contributed by atoms with Gasteiger partial charge in [0.1, 0.15) is 5.82 Å². The Bertz CT molecular complexity index is 1060. The van der Waals surface area contributed by atoms with Crippen molar-refractivity contribution >= 4 is 34.9 Å². The van der Waals surface area contributed by atoms with Crippen molar-refractivity contribution < 1.29 is 23.5 Å². The fraction of sp³-hybridized carbons (Fsp3) is 0.400. The molecule has 1 aliphatic carbocycles. The zero-order valence-corrected chi connectivity index (χ0v) is 19.2. The predicted molar refractivity (Wildman–Crippen MR) is 123 cm³/mol. The number of rotatable bonds is 6. The van der Waals surface area contributed by atoms with Gasteiger partial charge in [0, 0.05) is 36.8 Å². The Morgan fingerprint density at radius 1 is 1.03 bits per heavy atom. The van der Waals surface area contributed by atoms with Gasteiger partial charge in [-0.05, 0) is 55.7 Å². The molecule has 0 aromatic heterocycles. The normalized spacial score (nSPS) is 17.3. The van der Waals surface area contributed by atoms with Crippen molar-refractivity contribution in [2.24, 2.45) is 0 Å². The molecule has 1 heterocycles. The summed E-state index contributed by atoms with van der Waals surface area (Å²) in [5.74, 6) is -1.29. The number of carbonyl (C=O) groups is 3. The summed E-state index contributed by atoms with van der Waals surface area (Å²) in [6.07, 6.45) is 2.31. The second kappa shape index (κ2) is 9.51. The lowest BCUT2D eigenvalue weighted by molar-refractivity contribution is -0.160. The number of hydrogen-bond donors (Lipinski definition) is 0.